The van der Waals surface area contributed by atoms with E-state index < -0.39 is 23.1 Å². The molecule has 2 atom stereocenters. The number of anilines is 1. The first-order valence-electron chi connectivity index (χ1n) is 10.3. The van der Waals surface area contributed by atoms with E-state index in [-0.39, 0.29) is 30.2 Å². The van der Waals surface area contributed by atoms with Crippen molar-refractivity contribution in [2.75, 3.05) is 5.32 Å². The second-order valence-corrected chi connectivity index (χ2v) is 8.88. The predicted molar refractivity (Wildman–Crippen MR) is 124 cm³/mol. The van der Waals surface area contributed by atoms with Crippen molar-refractivity contribution < 1.29 is 18.4 Å². The molecule has 4 nitrogen and oxygen atoms in total. The van der Waals surface area contributed by atoms with E-state index in [1.54, 1.807) is 25.1 Å². The second-order valence-electron chi connectivity index (χ2n) is 8.00. The van der Waals surface area contributed by atoms with Gasteiger partial charge in [-0.05, 0) is 54.8 Å². The summed E-state index contributed by atoms with van der Waals surface area (Å²) in [5, 5.41) is 6.74. The predicted octanol–water partition coefficient (Wildman–Crippen LogP) is 6.11. The fourth-order valence-corrected chi connectivity index (χ4v) is 4.78. The van der Waals surface area contributed by atoms with Gasteiger partial charge >= 0.3 is 0 Å². The van der Waals surface area contributed by atoms with Crippen LogP contribution in [-0.2, 0) is 15.0 Å². The molecule has 8 heteroatoms. The third kappa shape index (κ3) is 4.21. The first-order chi connectivity index (χ1) is 15.7. The summed E-state index contributed by atoms with van der Waals surface area (Å²) in [6.07, 6.45) is 0.307. The average molecular weight is 489 g/mol. The SMILES string of the molecule is Cc1ccc(F)c(F)c1[C@H]1NC(=O)CC[C@]12C(=O)Nc1cc(Cl)ccc12.Clc1ccccc1. The Hall–Kier alpha value is -2.96. The van der Waals surface area contributed by atoms with Crippen LogP contribution in [0.4, 0.5) is 14.5 Å². The van der Waals surface area contributed by atoms with Crippen LogP contribution in [0.1, 0.15) is 35.6 Å². The zero-order valence-electron chi connectivity index (χ0n) is 17.6. The molecule has 0 unspecified atom stereocenters. The number of hydrogen-bond donors (Lipinski definition) is 2. The highest BCUT2D eigenvalue weighted by Crippen LogP contribution is 2.52. The molecular formula is C25H20Cl2F2N2O2. The van der Waals surface area contributed by atoms with Crippen LogP contribution in [0.3, 0.4) is 0 Å². The van der Waals surface area contributed by atoms with Gasteiger partial charge in [-0.15, -0.1) is 0 Å². The molecule has 0 saturated carbocycles. The van der Waals surface area contributed by atoms with Crippen molar-refractivity contribution in [1.29, 1.82) is 0 Å². The molecule has 2 aliphatic heterocycles. The van der Waals surface area contributed by atoms with Crippen molar-refractivity contribution in [3.8, 4) is 0 Å². The standard InChI is InChI=1S/C19H15ClF2N2O2.C6H5Cl/c1-9-2-5-12(21)16(22)15(9)17-19(7-6-14(25)24-17)11-4-3-10(20)8-13(11)23-18(19)26;7-6-4-2-1-3-5-6/h2-5,8,17H,6-7H2,1H3,(H,23,26)(H,24,25);1-5H/t17-,19-;/m1./s1. The van der Waals surface area contributed by atoms with Crippen LogP contribution in [0.5, 0.6) is 0 Å². The molecule has 2 N–H and O–H groups in total. The number of nitrogens with one attached hydrogen (secondary N) is 2. The number of piperidine rings is 1. The van der Waals surface area contributed by atoms with Crippen molar-refractivity contribution in [2.45, 2.75) is 31.2 Å². The molecule has 0 radical (unpaired) electrons. The number of halogens is 4. The molecule has 170 valence electrons. The lowest BCUT2D eigenvalue weighted by atomic mass is 9.67. The van der Waals surface area contributed by atoms with E-state index in [9.17, 15) is 18.4 Å². The summed E-state index contributed by atoms with van der Waals surface area (Å²) in [6.45, 7) is 1.63. The van der Waals surface area contributed by atoms with Gasteiger partial charge in [0.15, 0.2) is 11.6 Å². The van der Waals surface area contributed by atoms with Crippen LogP contribution in [0.2, 0.25) is 10.0 Å². The van der Waals surface area contributed by atoms with Crippen molar-refractivity contribution in [2.24, 2.45) is 0 Å². The maximum Gasteiger partial charge on any atom is 0.237 e. The Morgan fingerprint density at radius 2 is 1.70 bits per heavy atom. The molecule has 3 aromatic carbocycles. The Morgan fingerprint density at radius 1 is 0.970 bits per heavy atom. The highest BCUT2D eigenvalue weighted by atomic mass is 35.5. The fourth-order valence-electron chi connectivity index (χ4n) is 4.46. The van der Waals surface area contributed by atoms with Crippen LogP contribution in [-0.4, -0.2) is 11.8 Å². The Balaban J connectivity index is 0.000000318. The Labute approximate surface area is 199 Å². The first-order valence-corrected chi connectivity index (χ1v) is 11.1. The molecule has 1 saturated heterocycles. The highest BCUT2D eigenvalue weighted by Gasteiger charge is 2.56. The topological polar surface area (TPSA) is 58.2 Å². The van der Waals surface area contributed by atoms with Crippen LogP contribution in [0, 0.1) is 18.6 Å². The van der Waals surface area contributed by atoms with Crippen molar-refractivity contribution in [3.63, 3.8) is 0 Å². The minimum absolute atomic E-state index is 0.00370. The van der Waals surface area contributed by atoms with Crippen LogP contribution >= 0.6 is 23.2 Å². The summed E-state index contributed by atoms with van der Waals surface area (Å²) in [7, 11) is 0. The monoisotopic (exact) mass is 488 g/mol. The summed E-state index contributed by atoms with van der Waals surface area (Å²) in [5.41, 5.74) is 0.396. The zero-order valence-corrected chi connectivity index (χ0v) is 19.1. The summed E-state index contributed by atoms with van der Waals surface area (Å²) in [6, 6.07) is 15.9. The highest BCUT2D eigenvalue weighted by molar-refractivity contribution is 6.31. The van der Waals surface area contributed by atoms with E-state index in [0.29, 0.717) is 21.8 Å². The van der Waals surface area contributed by atoms with E-state index in [2.05, 4.69) is 10.6 Å². The molecule has 0 aliphatic carbocycles. The number of amides is 2. The zero-order chi connectivity index (χ0) is 23.8. The van der Waals surface area contributed by atoms with Gasteiger partial charge in [0.05, 0.1) is 6.04 Å². The van der Waals surface area contributed by atoms with Gasteiger partial charge in [0.25, 0.3) is 0 Å². The van der Waals surface area contributed by atoms with E-state index in [1.165, 1.54) is 6.07 Å². The number of benzene rings is 3. The Bertz CT molecular complexity index is 1240. The van der Waals surface area contributed by atoms with Crippen LogP contribution in [0.15, 0.2) is 60.7 Å². The van der Waals surface area contributed by atoms with Gasteiger partial charge in [0.2, 0.25) is 11.8 Å². The Morgan fingerprint density at radius 3 is 2.36 bits per heavy atom. The maximum absolute atomic E-state index is 14.7. The lowest BCUT2D eigenvalue weighted by molar-refractivity contribution is -0.130. The van der Waals surface area contributed by atoms with E-state index in [1.807, 2.05) is 30.3 Å². The van der Waals surface area contributed by atoms with Gasteiger partial charge in [-0.1, -0.05) is 53.5 Å². The van der Waals surface area contributed by atoms with Gasteiger partial charge in [-0.2, -0.15) is 0 Å². The van der Waals surface area contributed by atoms with Crippen molar-refractivity contribution in [1.82, 2.24) is 5.32 Å². The normalized spacial score (nSPS) is 21.1. The number of carbonyl (C=O) groups excluding carboxylic acids is 2. The maximum atomic E-state index is 14.7. The minimum atomic E-state index is -1.22. The molecule has 3 aromatic rings. The van der Waals surface area contributed by atoms with E-state index in [4.69, 9.17) is 23.2 Å². The van der Waals surface area contributed by atoms with Gasteiger partial charge < -0.3 is 10.6 Å². The summed E-state index contributed by atoms with van der Waals surface area (Å²) >= 11 is 11.6. The number of fused-ring (bicyclic) bond motifs is 2. The van der Waals surface area contributed by atoms with Crippen LogP contribution < -0.4 is 10.6 Å². The molecular weight excluding hydrogens is 469 g/mol. The molecule has 33 heavy (non-hydrogen) atoms. The van der Waals surface area contributed by atoms with Crippen LogP contribution in [0.25, 0.3) is 0 Å². The minimum Gasteiger partial charge on any atom is -0.348 e. The third-order valence-corrected chi connectivity index (χ3v) is 6.52. The lowest BCUT2D eigenvalue weighted by Gasteiger charge is -2.41. The van der Waals surface area contributed by atoms with Gasteiger partial charge in [0.1, 0.15) is 5.41 Å². The smallest absolute Gasteiger partial charge is 0.237 e. The molecule has 0 aromatic heterocycles. The molecule has 2 aliphatic rings. The summed E-state index contributed by atoms with van der Waals surface area (Å²) in [5.74, 6) is -2.73. The molecule has 2 amide bonds. The quantitative estimate of drug-likeness (QED) is 0.434. The fraction of sp³-hybridized carbons (Fsp3) is 0.200. The van der Waals surface area contributed by atoms with E-state index >= 15 is 0 Å². The van der Waals surface area contributed by atoms with Gasteiger partial charge in [-0.3, -0.25) is 9.59 Å². The molecule has 1 spiro atoms. The van der Waals surface area contributed by atoms with E-state index in [0.717, 1.165) is 11.1 Å². The first kappa shape index (κ1) is 23.2. The average Bonchev–Trinajstić information content (AvgIpc) is 3.05. The summed E-state index contributed by atoms with van der Waals surface area (Å²) in [4.78, 5) is 25.1. The number of aryl methyl sites for hydroxylation is 1. The summed E-state index contributed by atoms with van der Waals surface area (Å²) < 4.78 is 28.6. The molecule has 5 rings (SSSR count). The molecule has 1 fully saturated rings. The van der Waals surface area contributed by atoms with Gasteiger partial charge in [0, 0.05) is 27.7 Å². The second kappa shape index (κ2) is 9.12. The lowest BCUT2D eigenvalue weighted by Crippen LogP contribution is -2.53. The van der Waals surface area contributed by atoms with Crippen molar-refractivity contribution >= 4 is 40.7 Å². The largest absolute Gasteiger partial charge is 0.348 e. The van der Waals surface area contributed by atoms with Gasteiger partial charge in [-0.25, -0.2) is 8.78 Å². The number of hydrogen-bond acceptors (Lipinski definition) is 2. The molecule has 0 bridgehead atoms. The third-order valence-electron chi connectivity index (χ3n) is 6.03. The number of carbonyl (C=O) groups is 2. The molecule has 2 heterocycles. The Kier molecular flexibility index (Phi) is 6.41. The van der Waals surface area contributed by atoms with Crippen molar-refractivity contribution in [3.05, 3.63) is 99.0 Å². The number of rotatable bonds is 1.